The average molecular weight is 254 g/mol. The second-order valence-electron chi connectivity index (χ2n) is 3.57. The van der Waals surface area contributed by atoms with E-state index in [1.165, 1.54) is 0 Å². The number of carbonyl (C=O) groups is 1. The quantitative estimate of drug-likeness (QED) is 0.626. The fourth-order valence-electron chi connectivity index (χ4n) is 1.06. The van der Waals surface area contributed by atoms with Crippen LogP contribution < -0.4 is 10.7 Å². The van der Waals surface area contributed by atoms with E-state index < -0.39 is 0 Å². The molecular formula is C12H16ClN3O. The van der Waals surface area contributed by atoms with Crippen molar-refractivity contribution < 1.29 is 4.79 Å². The molecule has 4 nitrogen and oxygen atoms in total. The Hall–Kier alpha value is -1.55. The van der Waals surface area contributed by atoms with Crippen LogP contribution >= 0.6 is 11.6 Å². The summed E-state index contributed by atoms with van der Waals surface area (Å²) in [5.41, 5.74) is 4.09. The topological polar surface area (TPSA) is 53.5 Å². The third-order valence-electron chi connectivity index (χ3n) is 2.20. The standard InChI is InChI=1S/C12H16ClN3O/c1-3-9(2)15-16-12(17)8-14-11-7-5-4-6-10(11)13/h4-7,14H,3,8H2,1-2H3,(H,16,17)/b15-9-. The maximum absolute atomic E-state index is 11.4. The highest BCUT2D eigenvalue weighted by Crippen LogP contribution is 2.19. The van der Waals surface area contributed by atoms with E-state index in [2.05, 4.69) is 15.8 Å². The maximum Gasteiger partial charge on any atom is 0.259 e. The third-order valence-corrected chi connectivity index (χ3v) is 2.53. The summed E-state index contributed by atoms with van der Waals surface area (Å²) in [5, 5.41) is 7.45. The van der Waals surface area contributed by atoms with Crippen LogP contribution in [-0.2, 0) is 4.79 Å². The first-order valence-electron chi connectivity index (χ1n) is 5.44. The largest absolute Gasteiger partial charge is 0.375 e. The summed E-state index contributed by atoms with van der Waals surface area (Å²) in [6, 6.07) is 7.27. The molecule has 1 amide bonds. The van der Waals surface area contributed by atoms with Gasteiger partial charge in [0.25, 0.3) is 5.91 Å². The summed E-state index contributed by atoms with van der Waals surface area (Å²) in [6.07, 6.45) is 0.818. The molecule has 17 heavy (non-hydrogen) atoms. The molecule has 1 rings (SSSR count). The summed E-state index contributed by atoms with van der Waals surface area (Å²) < 4.78 is 0. The van der Waals surface area contributed by atoms with Gasteiger partial charge in [0.2, 0.25) is 0 Å². The third kappa shape index (κ3) is 4.87. The Morgan fingerprint density at radius 3 is 2.76 bits per heavy atom. The molecule has 0 bridgehead atoms. The molecule has 0 saturated heterocycles. The molecule has 0 aliphatic rings. The van der Waals surface area contributed by atoms with E-state index in [0.717, 1.165) is 17.8 Å². The highest BCUT2D eigenvalue weighted by molar-refractivity contribution is 6.33. The van der Waals surface area contributed by atoms with Gasteiger partial charge in [-0.05, 0) is 25.5 Å². The van der Waals surface area contributed by atoms with E-state index >= 15 is 0 Å². The zero-order valence-electron chi connectivity index (χ0n) is 9.96. The number of nitrogens with zero attached hydrogens (tertiary/aromatic N) is 1. The smallest absolute Gasteiger partial charge is 0.259 e. The molecule has 0 atom stereocenters. The van der Waals surface area contributed by atoms with Crippen LogP contribution in [0, 0.1) is 0 Å². The Balaban J connectivity index is 2.41. The van der Waals surface area contributed by atoms with Gasteiger partial charge in [-0.25, -0.2) is 5.43 Å². The van der Waals surface area contributed by atoms with Crippen LogP contribution in [0.4, 0.5) is 5.69 Å². The fraction of sp³-hybridized carbons (Fsp3) is 0.333. The number of amides is 1. The van der Waals surface area contributed by atoms with Crippen molar-refractivity contribution in [3.63, 3.8) is 0 Å². The molecular weight excluding hydrogens is 238 g/mol. The number of para-hydroxylation sites is 1. The Bertz CT molecular complexity index is 418. The molecule has 92 valence electrons. The molecule has 0 heterocycles. The minimum atomic E-state index is -0.197. The van der Waals surface area contributed by atoms with Gasteiger partial charge in [-0.2, -0.15) is 5.10 Å². The van der Waals surface area contributed by atoms with E-state index in [-0.39, 0.29) is 12.5 Å². The van der Waals surface area contributed by atoms with Crippen molar-refractivity contribution in [1.29, 1.82) is 0 Å². The molecule has 2 N–H and O–H groups in total. The van der Waals surface area contributed by atoms with Crippen LogP contribution in [0.5, 0.6) is 0 Å². The van der Waals surface area contributed by atoms with Crippen molar-refractivity contribution in [1.82, 2.24) is 5.43 Å². The number of benzene rings is 1. The highest BCUT2D eigenvalue weighted by Gasteiger charge is 2.02. The lowest BCUT2D eigenvalue weighted by atomic mass is 10.3. The summed E-state index contributed by atoms with van der Waals surface area (Å²) >= 11 is 5.94. The number of anilines is 1. The van der Waals surface area contributed by atoms with Crippen LogP contribution in [0.15, 0.2) is 29.4 Å². The Labute approximate surface area is 106 Å². The van der Waals surface area contributed by atoms with Crippen LogP contribution in [0.3, 0.4) is 0 Å². The molecule has 0 saturated carbocycles. The number of hydrogen-bond acceptors (Lipinski definition) is 3. The van der Waals surface area contributed by atoms with Gasteiger partial charge in [0.15, 0.2) is 0 Å². The van der Waals surface area contributed by atoms with Crippen molar-refractivity contribution in [2.24, 2.45) is 5.10 Å². The van der Waals surface area contributed by atoms with E-state index in [4.69, 9.17) is 11.6 Å². The first kappa shape index (κ1) is 13.5. The van der Waals surface area contributed by atoms with Gasteiger partial charge < -0.3 is 5.32 Å². The number of hydrogen-bond donors (Lipinski definition) is 2. The first-order valence-corrected chi connectivity index (χ1v) is 5.81. The molecule has 0 aliphatic carbocycles. The maximum atomic E-state index is 11.4. The Morgan fingerprint density at radius 2 is 2.12 bits per heavy atom. The minimum absolute atomic E-state index is 0.143. The lowest BCUT2D eigenvalue weighted by Gasteiger charge is -2.07. The number of carbonyl (C=O) groups excluding carboxylic acids is 1. The van der Waals surface area contributed by atoms with Gasteiger partial charge >= 0.3 is 0 Å². The second-order valence-corrected chi connectivity index (χ2v) is 3.98. The predicted molar refractivity (Wildman–Crippen MR) is 71.5 cm³/mol. The number of rotatable bonds is 5. The normalized spacial score (nSPS) is 11.1. The molecule has 1 aromatic rings. The van der Waals surface area contributed by atoms with Gasteiger partial charge in [-0.15, -0.1) is 0 Å². The van der Waals surface area contributed by atoms with Gasteiger partial charge in [0, 0.05) is 5.71 Å². The molecule has 0 fully saturated rings. The minimum Gasteiger partial charge on any atom is -0.375 e. The van der Waals surface area contributed by atoms with Crippen LogP contribution in [0.2, 0.25) is 5.02 Å². The average Bonchev–Trinajstić information content (AvgIpc) is 2.35. The SMILES string of the molecule is CC/C(C)=N\NC(=O)CNc1ccccc1Cl. The van der Waals surface area contributed by atoms with Crippen molar-refractivity contribution in [2.45, 2.75) is 20.3 Å². The van der Waals surface area contributed by atoms with E-state index in [1.807, 2.05) is 32.0 Å². The van der Waals surface area contributed by atoms with Crippen molar-refractivity contribution in [2.75, 3.05) is 11.9 Å². The van der Waals surface area contributed by atoms with E-state index in [1.54, 1.807) is 6.07 Å². The number of hydrazone groups is 1. The predicted octanol–water partition coefficient (Wildman–Crippen LogP) is 2.65. The van der Waals surface area contributed by atoms with E-state index in [9.17, 15) is 4.79 Å². The number of halogens is 1. The molecule has 1 aromatic carbocycles. The van der Waals surface area contributed by atoms with Gasteiger partial charge in [0.1, 0.15) is 0 Å². The molecule has 0 spiro atoms. The van der Waals surface area contributed by atoms with Gasteiger partial charge in [0.05, 0.1) is 17.3 Å². The van der Waals surface area contributed by atoms with Gasteiger partial charge in [-0.1, -0.05) is 30.7 Å². The van der Waals surface area contributed by atoms with Crippen LogP contribution in [-0.4, -0.2) is 18.2 Å². The molecule has 0 aromatic heterocycles. The van der Waals surface area contributed by atoms with Crippen LogP contribution in [0.25, 0.3) is 0 Å². The zero-order valence-corrected chi connectivity index (χ0v) is 10.7. The first-order chi connectivity index (χ1) is 8.13. The number of nitrogens with one attached hydrogen (secondary N) is 2. The fourth-order valence-corrected chi connectivity index (χ4v) is 1.26. The van der Waals surface area contributed by atoms with Gasteiger partial charge in [-0.3, -0.25) is 4.79 Å². The van der Waals surface area contributed by atoms with Crippen molar-refractivity contribution in [3.8, 4) is 0 Å². The molecule has 5 heteroatoms. The molecule has 0 radical (unpaired) electrons. The highest BCUT2D eigenvalue weighted by atomic mass is 35.5. The summed E-state index contributed by atoms with van der Waals surface area (Å²) in [7, 11) is 0. The Kier molecular flexibility index (Phi) is 5.49. The summed E-state index contributed by atoms with van der Waals surface area (Å²) in [6.45, 7) is 3.99. The summed E-state index contributed by atoms with van der Waals surface area (Å²) in [5.74, 6) is -0.197. The monoisotopic (exact) mass is 253 g/mol. The van der Waals surface area contributed by atoms with Crippen LogP contribution in [0.1, 0.15) is 20.3 Å². The molecule has 0 unspecified atom stereocenters. The van der Waals surface area contributed by atoms with E-state index in [0.29, 0.717) is 5.02 Å². The molecule has 0 aliphatic heterocycles. The lowest BCUT2D eigenvalue weighted by Crippen LogP contribution is -2.26. The van der Waals surface area contributed by atoms with Crippen molar-refractivity contribution >= 4 is 28.9 Å². The summed E-state index contributed by atoms with van der Waals surface area (Å²) in [4.78, 5) is 11.4. The van der Waals surface area contributed by atoms with Crippen molar-refractivity contribution in [3.05, 3.63) is 29.3 Å². The Morgan fingerprint density at radius 1 is 1.41 bits per heavy atom. The lowest BCUT2D eigenvalue weighted by molar-refractivity contribution is -0.119. The zero-order chi connectivity index (χ0) is 12.7. The second kappa shape index (κ2) is 6.91.